The molecule has 0 aromatic carbocycles. The molecule has 0 atom stereocenters. The van der Waals surface area contributed by atoms with Gasteiger partial charge in [0.1, 0.15) is 6.61 Å². The fourth-order valence-corrected chi connectivity index (χ4v) is 1.33. The minimum absolute atomic E-state index is 0.507. The highest BCUT2D eigenvalue weighted by Gasteiger charge is 2.13. The van der Waals surface area contributed by atoms with Gasteiger partial charge in [0.25, 0.3) is 0 Å². The summed E-state index contributed by atoms with van der Waals surface area (Å²) >= 11 is 0. The summed E-state index contributed by atoms with van der Waals surface area (Å²) < 4.78 is 0. The quantitative estimate of drug-likeness (QED) is 0.275. The molecule has 4 nitrogen and oxygen atoms in total. The number of nitrogens with zero attached hydrogens (tertiary/aromatic N) is 1. The molecule has 1 aliphatic rings. The van der Waals surface area contributed by atoms with Gasteiger partial charge in [0.15, 0.2) is 7.98 Å². The lowest BCUT2D eigenvalue weighted by atomic mass is 10.0. The van der Waals surface area contributed by atoms with Crippen LogP contribution in [-0.2, 0) is 9.78 Å². The van der Waals surface area contributed by atoms with Gasteiger partial charge in [-0.3, -0.25) is 0 Å². The van der Waals surface area contributed by atoms with Crippen molar-refractivity contribution in [1.29, 1.82) is 0 Å². The molecule has 0 saturated heterocycles. The Morgan fingerprint density at radius 1 is 1.54 bits per heavy atom. The van der Waals surface area contributed by atoms with Crippen LogP contribution in [0.4, 0.5) is 0 Å². The standard InChI is InChI=1S/C8H17BN2O2/c1-2-12-13-6-7-3-4-11(9)5-8(7)10/h2-6,9-10H2,1H3. The van der Waals surface area contributed by atoms with Crippen molar-refractivity contribution in [2.75, 3.05) is 26.3 Å². The van der Waals surface area contributed by atoms with Gasteiger partial charge in [-0.15, -0.1) is 0 Å². The van der Waals surface area contributed by atoms with Crippen molar-refractivity contribution in [3.8, 4) is 0 Å². The van der Waals surface area contributed by atoms with Crippen LogP contribution in [0.1, 0.15) is 13.3 Å². The summed E-state index contributed by atoms with van der Waals surface area (Å²) in [6, 6.07) is 0. The van der Waals surface area contributed by atoms with E-state index in [-0.39, 0.29) is 0 Å². The SMILES string of the molecule is BN1CCC(COOCC)=C(N)C1. The highest BCUT2D eigenvalue weighted by Crippen LogP contribution is 2.12. The molecule has 2 N–H and O–H groups in total. The van der Waals surface area contributed by atoms with Crippen LogP contribution >= 0.6 is 0 Å². The molecule has 0 saturated carbocycles. The van der Waals surface area contributed by atoms with E-state index in [2.05, 4.69) is 12.8 Å². The van der Waals surface area contributed by atoms with Crippen LogP contribution in [0.15, 0.2) is 11.3 Å². The van der Waals surface area contributed by atoms with E-state index in [4.69, 9.17) is 15.5 Å². The number of nitrogens with two attached hydrogens (primary N) is 1. The van der Waals surface area contributed by atoms with Crippen molar-refractivity contribution in [1.82, 2.24) is 4.81 Å². The summed E-state index contributed by atoms with van der Waals surface area (Å²) in [6.07, 6.45) is 0.982. The molecule has 0 radical (unpaired) electrons. The van der Waals surface area contributed by atoms with E-state index in [1.165, 1.54) is 5.57 Å². The van der Waals surface area contributed by atoms with Crippen molar-refractivity contribution in [2.24, 2.45) is 5.73 Å². The lowest BCUT2D eigenvalue weighted by Gasteiger charge is -2.25. The van der Waals surface area contributed by atoms with Crippen LogP contribution < -0.4 is 5.73 Å². The molecule has 0 aromatic rings. The maximum Gasteiger partial charge on any atom is 0.185 e. The summed E-state index contributed by atoms with van der Waals surface area (Å²) in [4.78, 5) is 12.0. The molecule has 1 heterocycles. The average Bonchev–Trinajstić information content (AvgIpc) is 2.09. The number of hydrogen-bond donors (Lipinski definition) is 1. The zero-order valence-corrected chi connectivity index (χ0v) is 8.38. The first-order valence-electron chi connectivity index (χ1n) is 4.63. The van der Waals surface area contributed by atoms with Gasteiger partial charge in [0.05, 0.1) is 6.61 Å². The Labute approximate surface area is 80.0 Å². The molecule has 0 fully saturated rings. The Morgan fingerprint density at radius 2 is 2.31 bits per heavy atom. The molecule has 0 amide bonds. The predicted octanol–water partition coefficient (Wildman–Crippen LogP) is -0.579. The third kappa shape index (κ3) is 3.38. The van der Waals surface area contributed by atoms with Gasteiger partial charge < -0.3 is 10.5 Å². The van der Waals surface area contributed by atoms with Crippen molar-refractivity contribution >= 4 is 7.98 Å². The zero-order chi connectivity index (χ0) is 9.68. The Balaban J connectivity index is 2.35. The van der Waals surface area contributed by atoms with Crippen LogP contribution in [0, 0.1) is 0 Å². The van der Waals surface area contributed by atoms with E-state index < -0.39 is 0 Å². The smallest absolute Gasteiger partial charge is 0.185 e. The Bertz CT molecular complexity index is 197. The van der Waals surface area contributed by atoms with Crippen LogP contribution in [0.2, 0.25) is 0 Å². The molecular weight excluding hydrogens is 167 g/mol. The molecule has 0 aromatic heterocycles. The van der Waals surface area contributed by atoms with Crippen molar-refractivity contribution in [3.05, 3.63) is 11.3 Å². The maximum atomic E-state index is 5.85. The van der Waals surface area contributed by atoms with Crippen LogP contribution in [0.25, 0.3) is 0 Å². The van der Waals surface area contributed by atoms with Gasteiger partial charge in [0, 0.05) is 12.2 Å². The molecular formula is C8H17BN2O2. The second-order valence-corrected chi connectivity index (χ2v) is 3.29. The lowest BCUT2D eigenvalue weighted by molar-refractivity contribution is -0.285. The van der Waals surface area contributed by atoms with E-state index in [1.54, 1.807) is 0 Å². The van der Waals surface area contributed by atoms with E-state index in [1.807, 2.05) is 6.92 Å². The van der Waals surface area contributed by atoms with Gasteiger partial charge in [-0.25, -0.2) is 9.78 Å². The first kappa shape index (κ1) is 10.6. The van der Waals surface area contributed by atoms with E-state index in [0.717, 1.165) is 25.2 Å². The summed E-state index contributed by atoms with van der Waals surface area (Å²) in [5.74, 6) is 0. The van der Waals surface area contributed by atoms with Crippen LogP contribution in [0.3, 0.4) is 0 Å². The highest BCUT2D eigenvalue weighted by molar-refractivity contribution is 6.04. The van der Waals surface area contributed by atoms with Gasteiger partial charge >= 0.3 is 0 Å². The van der Waals surface area contributed by atoms with E-state index in [9.17, 15) is 0 Å². The molecule has 5 heteroatoms. The fourth-order valence-electron chi connectivity index (χ4n) is 1.33. The lowest BCUT2D eigenvalue weighted by Crippen LogP contribution is -2.33. The highest BCUT2D eigenvalue weighted by atomic mass is 17.2. The van der Waals surface area contributed by atoms with E-state index >= 15 is 0 Å². The van der Waals surface area contributed by atoms with E-state index in [0.29, 0.717) is 13.2 Å². The zero-order valence-electron chi connectivity index (χ0n) is 8.38. The van der Waals surface area contributed by atoms with Gasteiger partial charge in [-0.05, 0) is 25.5 Å². The Morgan fingerprint density at radius 3 is 2.92 bits per heavy atom. The molecule has 0 bridgehead atoms. The predicted molar refractivity (Wildman–Crippen MR) is 53.5 cm³/mol. The topological polar surface area (TPSA) is 47.7 Å². The van der Waals surface area contributed by atoms with Gasteiger partial charge in [0.2, 0.25) is 0 Å². The van der Waals surface area contributed by atoms with Crippen molar-refractivity contribution in [3.63, 3.8) is 0 Å². The number of rotatable bonds is 4. The van der Waals surface area contributed by atoms with Crippen LogP contribution in [-0.4, -0.2) is 39.1 Å². The molecule has 0 aliphatic carbocycles. The summed E-state index contributed by atoms with van der Waals surface area (Å²) in [5.41, 5.74) is 7.95. The van der Waals surface area contributed by atoms with Crippen LogP contribution in [0.5, 0.6) is 0 Å². The molecule has 0 spiro atoms. The third-order valence-electron chi connectivity index (χ3n) is 2.12. The molecule has 13 heavy (non-hydrogen) atoms. The maximum absolute atomic E-state index is 5.85. The first-order chi connectivity index (χ1) is 6.24. The normalized spacial score (nSPS) is 19.5. The van der Waals surface area contributed by atoms with Gasteiger partial charge in [-0.1, -0.05) is 0 Å². The Hall–Kier alpha value is -0.515. The molecule has 0 unspecified atom stereocenters. The molecule has 1 aliphatic heterocycles. The largest absolute Gasteiger partial charge is 0.401 e. The summed E-state index contributed by atoms with van der Waals surface area (Å²) in [5, 5.41) is 0. The third-order valence-corrected chi connectivity index (χ3v) is 2.12. The number of hydrogen-bond acceptors (Lipinski definition) is 4. The Kier molecular flexibility index (Phi) is 4.28. The molecule has 1 rings (SSSR count). The first-order valence-corrected chi connectivity index (χ1v) is 4.63. The minimum atomic E-state index is 0.507. The van der Waals surface area contributed by atoms with Gasteiger partial charge in [-0.2, -0.15) is 0 Å². The second kappa shape index (κ2) is 5.27. The van der Waals surface area contributed by atoms with Crippen molar-refractivity contribution in [2.45, 2.75) is 13.3 Å². The monoisotopic (exact) mass is 184 g/mol. The van der Waals surface area contributed by atoms with Crippen molar-refractivity contribution < 1.29 is 9.78 Å². The second-order valence-electron chi connectivity index (χ2n) is 3.29. The summed E-state index contributed by atoms with van der Waals surface area (Å²) in [6.45, 7) is 4.86. The average molecular weight is 184 g/mol. The summed E-state index contributed by atoms with van der Waals surface area (Å²) in [7, 11) is 2.06. The molecule has 74 valence electrons. The minimum Gasteiger partial charge on any atom is -0.401 e. The fraction of sp³-hybridized carbons (Fsp3) is 0.750.